The second kappa shape index (κ2) is 5.14. The Hall–Kier alpha value is -1.32. The lowest BCUT2D eigenvalue weighted by atomic mass is 9.99. The van der Waals surface area contributed by atoms with E-state index in [4.69, 9.17) is 4.74 Å². The Morgan fingerprint density at radius 3 is 2.12 bits per heavy atom. The number of rotatable bonds is 4. The quantitative estimate of drug-likeness (QED) is 0.588. The Bertz CT molecular complexity index is 291. The van der Waals surface area contributed by atoms with Gasteiger partial charge in [0.2, 0.25) is 0 Å². The van der Waals surface area contributed by atoms with Gasteiger partial charge in [-0.15, -0.1) is 0 Å². The van der Waals surface area contributed by atoms with Crippen LogP contribution in [-0.2, 0) is 14.3 Å². The monoisotopic (exact) mass is 227 g/mol. The molecule has 1 atom stereocenters. The summed E-state index contributed by atoms with van der Waals surface area (Å²) < 4.78 is 5.07. The number of carbonyl (C=O) groups excluding carboxylic acids is 2. The summed E-state index contributed by atoms with van der Waals surface area (Å²) in [6.07, 6.45) is 1.47. The van der Waals surface area contributed by atoms with Crippen molar-refractivity contribution in [3.63, 3.8) is 0 Å². The highest BCUT2D eigenvalue weighted by atomic mass is 16.6. The molecule has 0 saturated carbocycles. The highest BCUT2D eigenvalue weighted by molar-refractivity contribution is 5.90. The van der Waals surface area contributed by atoms with E-state index in [0.717, 1.165) is 6.08 Å². The first-order valence-electron chi connectivity index (χ1n) is 5.32. The van der Waals surface area contributed by atoms with Crippen LogP contribution < -0.4 is 5.32 Å². The van der Waals surface area contributed by atoms with E-state index in [9.17, 15) is 9.59 Å². The van der Waals surface area contributed by atoms with Crippen LogP contribution in [0.25, 0.3) is 0 Å². The zero-order chi connectivity index (χ0) is 13.0. The van der Waals surface area contributed by atoms with Crippen LogP contribution in [0.3, 0.4) is 0 Å². The maximum Gasteiger partial charge on any atom is 0.331 e. The van der Waals surface area contributed by atoms with Gasteiger partial charge in [0.15, 0.2) is 5.60 Å². The predicted molar refractivity (Wildman–Crippen MR) is 62.9 cm³/mol. The van der Waals surface area contributed by atoms with Crippen LogP contribution >= 0.6 is 0 Å². The van der Waals surface area contributed by atoms with Gasteiger partial charge >= 0.3 is 5.97 Å². The molecule has 92 valence electrons. The molecule has 1 amide bonds. The van der Waals surface area contributed by atoms with E-state index >= 15 is 0 Å². The molecule has 1 N–H and O–H groups in total. The minimum absolute atomic E-state index is 0.294. The van der Waals surface area contributed by atoms with Crippen molar-refractivity contribution < 1.29 is 14.3 Å². The maximum atomic E-state index is 11.9. The van der Waals surface area contributed by atoms with E-state index in [1.54, 1.807) is 13.8 Å². The van der Waals surface area contributed by atoms with E-state index in [1.807, 2.05) is 20.8 Å². The van der Waals surface area contributed by atoms with Crippen LogP contribution in [0.4, 0.5) is 0 Å². The Labute approximate surface area is 97.1 Å². The number of nitrogens with one attached hydrogen (secondary N) is 1. The highest BCUT2D eigenvalue weighted by Crippen LogP contribution is 2.17. The van der Waals surface area contributed by atoms with Crippen molar-refractivity contribution in [2.75, 3.05) is 0 Å². The first-order valence-corrected chi connectivity index (χ1v) is 5.32. The first-order chi connectivity index (χ1) is 7.14. The molecule has 0 saturated heterocycles. The molecule has 0 heterocycles. The molecular formula is C12H21NO3. The van der Waals surface area contributed by atoms with Gasteiger partial charge in [-0.25, -0.2) is 4.79 Å². The lowest BCUT2D eigenvalue weighted by molar-refractivity contribution is -0.163. The molecule has 0 aliphatic rings. The summed E-state index contributed by atoms with van der Waals surface area (Å²) in [7, 11) is 0. The first kappa shape index (κ1) is 14.7. The van der Waals surface area contributed by atoms with Crippen molar-refractivity contribution in [1.82, 2.24) is 5.32 Å². The minimum atomic E-state index is -1.14. The SMILES string of the molecule is C=CC(=O)OC(C)(CC)C(=O)NC(C)(C)C. The summed E-state index contributed by atoms with van der Waals surface area (Å²) in [5.74, 6) is -0.883. The van der Waals surface area contributed by atoms with Crippen molar-refractivity contribution >= 4 is 11.9 Å². The van der Waals surface area contributed by atoms with Crippen molar-refractivity contribution in [1.29, 1.82) is 0 Å². The lowest BCUT2D eigenvalue weighted by Crippen LogP contribution is -2.53. The molecule has 16 heavy (non-hydrogen) atoms. The summed E-state index contributed by atoms with van der Waals surface area (Å²) in [6, 6.07) is 0. The molecule has 0 aliphatic carbocycles. The van der Waals surface area contributed by atoms with Crippen LogP contribution in [0.1, 0.15) is 41.0 Å². The second-order valence-electron chi connectivity index (χ2n) is 4.91. The fraction of sp³-hybridized carbons (Fsp3) is 0.667. The Kier molecular flexibility index (Phi) is 4.72. The standard InChI is InChI=1S/C12H21NO3/c1-7-9(14)16-12(6,8-2)10(15)13-11(3,4)5/h7H,1,8H2,2-6H3,(H,13,15). The molecule has 0 aromatic carbocycles. The van der Waals surface area contributed by atoms with Gasteiger partial charge < -0.3 is 10.1 Å². The molecule has 0 bridgehead atoms. The molecule has 1 unspecified atom stereocenters. The molecule has 4 heteroatoms. The van der Waals surface area contributed by atoms with Gasteiger partial charge in [-0.1, -0.05) is 13.5 Å². The van der Waals surface area contributed by atoms with E-state index in [2.05, 4.69) is 11.9 Å². The van der Waals surface area contributed by atoms with Crippen molar-refractivity contribution in [2.24, 2.45) is 0 Å². The largest absolute Gasteiger partial charge is 0.446 e. The van der Waals surface area contributed by atoms with Gasteiger partial charge in [-0.2, -0.15) is 0 Å². The van der Waals surface area contributed by atoms with Gasteiger partial charge in [-0.05, 0) is 34.1 Å². The van der Waals surface area contributed by atoms with E-state index in [1.165, 1.54) is 0 Å². The second-order valence-corrected chi connectivity index (χ2v) is 4.91. The van der Waals surface area contributed by atoms with Crippen LogP contribution in [0.15, 0.2) is 12.7 Å². The Morgan fingerprint density at radius 1 is 1.31 bits per heavy atom. The van der Waals surface area contributed by atoms with Crippen molar-refractivity contribution in [2.45, 2.75) is 52.2 Å². The summed E-state index contributed by atoms with van der Waals surface area (Å²) in [4.78, 5) is 23.1. The number of hydrogen-bond donors (Lipinski definition) is 1. The Morgan fingerprint density at radius 2 is 1.81 bits per heavy atom. The summed E-state index contributed by atoms with van der Waals surface area (Å²) in [5, 5.41) is 2.79. The molecule has 4 nitrogen and oxygen atoms in total. The number of hydrogen-bond acceptors (Lipinski definition) is 3. The molecular weight excluding hydrogens is 206 g/mol. The third-order valence-electron chi connectivity index (χ3n) is 2.14. The fourth-order valence-corrected chi connectivity index (χ4v) is 1.02. The van der Waals surface area contributed by atoms with Crippen molar-refractivity contribution in [3.8, 4) is 0 Å². The number of ether oxygens (including phenoxy) is 1. The molecule has 0 rings (SSSR count). The third kappa shape index (κ3) is 4.47. The van der Waals surface area contributed by atoms with Gasteiger partial charge in [0.05, 0.1) is 0 Å². The molecule has 0 spiro atoms. The van der Waals surface area contributed by atoms with Crippen LogP contribution in [-0.4, -0.2) is 23.0 Å². The minimum Gasteiger partial charge on any atom is -0.446 e. The molecule has 0 radical (unpaired) electrons. The normalized spacial score (nSPS) is 14.8. The average Bonchev–Trinajstić information content (AvgIpc) is 2.14. The van der Waals surface area contributed by atoms with E-state index < -0.39 is 11.6 Å². The van der Waals surface area contributed by atoms with Crippen LogP contribution in [0.2, 0.25) is 0 Å². The van der Waals surface area contributed by atoms with E-state index in [0.29, 0.717) is 6.42 Å². The fourth-order valence-electron chi connectivity index (χ4n) is 1.02. The third-order valence-corrected chi connectivity index (χ3v) is 2.14. The summed E-state index contributed by atoms with van der Waals surface area (Å²) >= 11 is 0. The number of amides is 1. The maximum absolute atomic E-state index is 11.9. The Balaban J connectivity index is 4.75. The zero-order valence-electron chi connectivity index (χ0n) is 10.7. The highest BCUT2D eigenvalue weighted by Gasteiger charge is 2.36. The van der Waals surface area contributed by atoms with Crippen LogP contribution in [0, 0.1) is 0 Å². The summed E-state index contributed by atoms with van der Waals surface area (Å²) in [6.45, 7) is 12.3. The lowest BCUT2D eigenvalue weighted by Gasteiger charge is -2.31. The molecule has 0 aromatic heterocycles. The van der Waals surface area contributed by atoms with E-state index in [-0.39, 0.29) is 11.4 Å². The summed E-state index contributed by atoms with van der Waals surface area (Å²) in [5.41, 5.74) is -1.49. The van der Waals surface area contributed by atoms with Gasteiger partial charge in [0.1, 0.15) is 0 Å². The molecule has 0 fully saturated rings. The average molecular weight is 227 g/mol. The molecule has 0 aliphatic heterocycles. The van der Waals surface area contributed by atoms with Gasteiger partial charge in [0.25, 0.3) is 5.91 Å². The van der Waals surface area contributed by atoms with Crippen molar-refractivity contribution in [3.05, 3.63) is 12.7 Å². The number of carbonyl (C=O) groups is 2. The number of esters is 1. The molecule has 0 aromatic rings. The van der Waals surface area contributed by atoms with Gasteiger partial charge in [-0.3, -0.25) is 4.79 Å². The smallest absolute Gasteiger partial charge is 0.331 e. The predicted octanol–water partition coefficient (Wildman–Crippen LogP) is 1.80. The van der Waals surface area contributed by atoms with Gasteiger partial charge in [0, 0.05) is 11.6 Å². The zero-order valence-corrected chi connectivity index (χ0v) is 10.7. The van der Waals surface area contributed by atoms with Crippen LogP contribution in [0.5, 0.6) is 0 Å². The topological polar surface area (TPSA) is 55.4 Å².